The van der Waals surface area contributed by atoms with E-state index in [0.717, 1.165) is 37.5 Å². The molecule has 0 spiro atoms. The largest absolute Gasteiger partial charge is 0.493 e. The van der Waals surface area contributed by atoms with E-state index in [0.29, 0.717) is 12.6 Å². The molecule has 23 heavy (non-hydrogen) atoms. The normalized spacial score (nSPS) is 21.2. The Hall–Kier alpha value is -0.970. The van der Waals surface area contributed by atoms with E-state index in [9.17, 15) is 0 Å². The predicted molar refractivity (Wildman–Crippen MR) is 93.8 cm³/mol. The van der Waals surface area contributed by atoms with Crippen molar-refractivity contribution in [3.63, 3.8) is 0 Å². The van der Waals surface area contributed by atoms with Gasteiger partial charge in [-0.3, -0.25) is 0 Å². The molecular weight excluding hydrogens is 314 g/mol. The zero-order chi connectivity index (χ0) is 15.2. The number of nitrogens with one attached hydrogen (secondary N) is 1. The fraction of sp³-hybridized carbons (Fsp3) is 0.667. The summed E-state index contributed by atoms with van der Waals surface area (Å²) in [7, 11) is 1.70. The van der Waals surface area contributed by atoms with Gasteiger partial charge < -0.3 is 19.5 Å². The van der Waals surface area contributed by atoms with Crippen molar-refractivity contribution in [3.8, 4) is 11.5 Å². The van der Waals surface area contributed by atoms with Gasteiger partial charge >= 0.3 is 0 Å². The van der Waals surface area contributed by atoms with E-state index < -0.39 is 0 Å². The molecule has 130 valence electrons. The van der Waals surface area contributed by atoms with Crippen LogP contribution in [0, 0.1) is 0 Å². The van der Waals surface area contributed by atoms with Crippen molar-refractivity contribution in [2.45, 2.75) is 57.2 Å². The van der Waals surface area contributed by atoms with Crippen LogP contribution in [0.5, 0.6) is 11.5 Å². The first-order valence-corrected chi connectivity index (χ1v) is 8.50. The Morgan fingerprint density at radius 1 is 1.13 bits per heavy atom. The molecule has 0 radical (unpaired) electrons. The van der Waals surface area contributed by atoms with Crippen LogP contribution >= 0.6 is 12.4 Å². The van der Waals surface area contributed by atoms with E-state index in [4.69, 9.17) is 14.2 Å². The van der Waals surface area contributed by atoms with Gasteiger partial charge in [-0.25, -0.2) is 0 Å². The van der Waals surface area contributed by atoms with Crippen molar-refractivity contribution in [3.05, 3.63) is 23.8 Å². The van der Waals surface area contributed by atoms with Crippen LogP contribution in [0.1, 0.15) is 44.1 Å². The molecule has 1 aliphatic heterocycles. The van der Waals surface area contributed by atoms with Gasteiger partial charge in [0.15, 0.2) is 11.5 Å². The highest BCUT2D eigenvalue weighted by atomic mass is 35.5. The lowest BCUT2D eigenvalue weighted by atomic mass is 10.1. The van der Waals surface area contributed by atoms with Gasteiger partial charge in [-0.1, -0.05) is 18.9 Å². The summed E-state index contributed by atoms with van der Waals surface area (Å²) in [6.45, 7) is 2.36. The average Bonchev–Trinajstić information content (AvgIpc) is 3.24. The third-order valence-corrected chi connectivity index (χ3v) is 4.63. The second kappa shape index (κ2) is 9.36. The maximum absolute atomic E-state index is 5.87. The van der Waals surface area contributed by atoms with Crippen LogP contribution in [-0.4, -0.2) is 32.5 Å². The predicted octanol–water partition coefficient (Wildman–Crippen LogP) is 3.71. The van der Waals surface area contributed by atoms with Gasteiger partial charge in [0.1, 0.15) is 6.61 Å². The Bertz CT molecular complexity index is 471. The molecule has 3 rings (SSSR count). The highest BCUT2D eigenvalue weighted by Gasteiger charge is 2.17. The minimum absolute atomic E-state index is 0. The molecule has 1 saturated heterocycles. The fourth-order valence-corrected chi connectivity index (χ4v) is 3.29. The van der Waals surface area contributed by atoms with E-state index in [2.05, 4.69) is 17.4 Å². The summed E-state index contributed by atoms with van der Waals surface area (Å²) < 4.78 is 16.9. The van der Waals surface area contributed by atoms with Crippen LogP contribution in [0.25, 0.3) is 0 Å². The molecular formula is C18H28ClNO3. The van der Waals surface area contributed by atoms with Gasteiger partial charge in [-0.05, 0) is 43.4 Å². The number of hydrogen-bond acceptors (Lipinski definition) is 4. The molecule has 1 aliphatic carbocycles. The van der Waals surface area contributed by atoms with Gasteiger partial charge in [0.05, 0.1) is 13.2 Å². The summed E-state index contributed by atoms with van der Waals surface area (Å²) in [6, 6.07) is 6.89. The van der Waals surface area contributed by atoms with E-state index in [-0.39, 0.29) is 18.5 Å². The van der Waals surface area contributed by atoms with Crippen molar-refractivity contribution >= 4 is 12.4 Å². The third-order valence-electron chi connectivity index (χ3n) is 4.63. The SMILES string of the molecule is COc1cc(CNC2CCCC2)ccc1OCC1CCCO1.Cl. The average molecular weight is 342 g/mol. The lowest BCUT2D eigenvalue weighted by Crippen LogP contribution is -2.25. The molecule has 5 heteroatoms. The molecule has 1 heterocycles. The quantitative estimate of drug-likeness (QED) is 0.820. The highest BCUT2D eigenvalue weighted by Crippen LogP contribution is 2.29. The Labute approximate surface area is 145 Å². The molecule has 0 bridgehead atoms. The standard InChI is InChI=1S/C18H27NO3.ClH/c1-20-18-11-14(12-19-15-5-2-3-6-15)8-9-17(18)22-13-16-7-4-10-21-16;/h8-9,11,15-16,19H,2-7,10,12-13H2,1H3;1H. The van der Waals surface area contributed by atoms with Crippen molar-refractivity contribution < 1.29 is 14.2 Å². The summed E-state index contributed by atoms with van der Waals surface area (Å²) in [6.07, 6.45) is 7.78. The van der Waals surface area contributed by atoms with Crippen molar-refractivity contribution in [1.82, 2.24) is 5.32 Å². The summed E-state index contributed by atoms with van der Waals surface area (Å²) >= 11 is 0. The minimum atomic E-state index is 0. The first-order valence-electron chi connectivity index (χ1n) is 8.50. The number of hydrogen-bond donors (Lipinski definition) is 1. The summed E-state index contributed by atoms with van der Waals surface area (Å²) in [5.41, 5.74) is 1.24. The van der Waals surface area contributed by atoms with E-state index >= 15 is 0 Å². The summed E-state index contributed by atoms with van der Waals surface area (Å²) in [5.74, 6) is 1.62. The summed E-state index contributed by atoms with van der Waals surface area (Å²) in [4.78, 5) is 0. The number of benzene rings is 1. The molecule has 4 nitrogen and oxygen atoms in total. The van der Waals surface area contributed by atoms with Crippen molar-refractivity contribution in [2.24, 2.45) is 0 Å². The van der Waals surface area contributed by atoms with Crippen LogP contribution < -0.4 is 14.8 Å². The zero-order valence-electron chi connectivity index (χ0n) is 13.9. The van der Waals surface area contributed by atoms with Gasteiger partial charge in [0, 0.05) is 19.2 Å². The molecule has 2 fully saturated rings. The number of rotatable bonds is 7. The maximum Gasteiger partial charge on any atom is 0.161 e. The van der Waals surface area contributed by atoms with Gasteiger partial charge in [0.25, 0.3) is 0 Å². The second-order valence-corrected chi connectivity index (χ2v) is 6.29. The monoisotopic (exact) mass is 341 g/mol. The highest BCUT2D eigenvalue weighted by molar-refractivity contribution is 5.85. The maximum atomic E-state index is 5.87. The molecule has 1 unspecified atom stereocenters. The minimum Gasteiger partial charge on any atom is -0.493 e. The smallest absolute Gasteiger partial charge is 0.161 e. The van der Waals surface area contributed by atoms with Crippen LogP contribution in [0.3, 0.4) is 0 Å². The molecule has 1 aromatic carbocycles. The van der Waals surface area contributed by atoms with Crippen LogP contribution in [0.4, 0.5) is 0 Å². The zero-order valence-corrected chi connectivity index (χ0v) is 14.7. The molecule has 1 atom stereocenters. The lowest BCUT2D eigenvalue weighted by Gasteiger charge is -2.16. The summed E-state index contributed by atoms with van der Waals surface area (Å²) in [5, 5.41) is 3.63. The molecule has 1 N–H and O–H groups in total. The molecule has 1 saturated carbocycles. The van der Waals surface area contributed by atoms with Crippen molar-refractivity contribution in [2.75, 3.05) is 20.3 Å². The number of halogens is 1. The van der Waals surface area contributed by atoms with E-state index in [1.54, 1.807) is 7.11 Å². The lowest BCUT2D eigenvalue weighted by molar-refractivity contribution is 0.0669. The number of ether oxygens (including phenoxy) is 3. The topological polar surface area (TPSA) is 39.7 Å². The van der Waals surface area contributed by atoms with E-state index in [1.807, 2.05) is 6.07 Å². The van der Waals surface area contributed by atoms with Crippen LogP contribution in [0.15, 0.2) is 18.2 Å². The Morgan fingerprint density at radius 3 is 2.65 bits per heavy atom. The Kier molecular flexibility index (Phi) is 7.47. The van der Waals surface area contributed by atoms with E-state index in [1.165, 1.54) is 31.2 Å². The van der Waals surface area contributed by atoms with Crippen LogP contribution in [0.2, 0.25) is 0 Å². The van der Waals surface area contributed by atoms with Gasteiger partial charge in [0.2, 0.25) is 0 Å². The molecule has 2 aliphatic rings. The van der Waals surface area contributed by atoms with Crippen LogP contribution in [-0.2, 0) is 11.3 Å². The first kappa shape index (κ1) is 18.4. The second-order valence-electron chi connectivity index (χ2n) is 6.29. The fourth-order valence-electron chi connectivity index (χ4n) is 3.29. The Balaban J connectivity index is 0.00000192. The van der Waals surface area contributed by atoms with Gasteiger partial charge in [-0.15, -0.1) is 12.4 Å². The van der Waals surface area contributed by atoms with Gasteiger partial charge in [-0.2, -0.15) is 0 Å². The number of methoxy groups -OCH3 is 1. The molecule has 0 amide bonds. The molecule has 1 aromatic rings. The first-order chi connectivity index (χ1) is 10.8. The van der Waals surface area contributed by atoms with Crippen molar-refractivity contribution in [1.29, 1.82) is 0 Å². The third kappa shape index (κ3) is 5.27. The molecule has 0 aromatic heterocycles. The Morgan fingerprint density at radius 2 is 1.96 bits per heavy atom.